The van der Waals surface area contributed by atoms with Crippen LogP contribution in [-0.2, 0) is 9.47 Å². The fourth-order valence-electron chi connectivity index (χ4n) is 2.22. The van der Waals surface area contributed by atoms with Crippen molar-refractivity contribution in [2.45, 2.75) is 52.7 Å². The molecule has 0 saturated carbocycles. The Hall–Kier alpha value is -2.50. The van der Waals surface area contributed by atoms with E-state index in [1.807, 2.05) is 0 Å². The molecule has 24 heavy (non-hydrogen) atoms. The van der Waals surface area contributed by atoms with E-state index in [9.17, 15) is 9.59 Å². The molecule has 2 aromatic rings. The monoisotopic (exact) mass is 332 g/mol. The molecule has 1 heterocycles. The van der Waals surface area contributed by atoms with Crippen molar-refractivity contribution in [2.24, 2.45) is 0 Å². The number of ether oxygens (including phenoxy) is 2. The van der Waals surface area contributed by atoms with Crippen molar-refractivity contribution in [3.63, 3.8) is 0 Å². The van der Waals surface area contributed by atoms with Crippen molar-refractivity contribution in [2.75, 3.05) is 5.73 Å². The van der Waals surface area contributed by atoms with Gasteiger partial charge < -0.3 is 15.2 Å². The first kappa shape index (κ1) is 17.8. The summed E-state index contributed by atoms with van der Waals surface area (Å²) in [5, 5.41) is 0.668. The van der Waals surface area contributed by atoms with Crippen molar-refractivity contribution in [1.29, 1.82) is 0 Å². The van der Waals surface area contributed by atoms with Crippen LogP contribution in [0.1, 0.15) is 52.0 Å². The highest BCUT2D eigenvalue weighted by Crippen LogP contribution is 2.25. The van der Waals surface area contributed by atoms with Crippen molar-refractivity contribution in [3.05, 3.63) is 30.0 Å². The Labute approximate surface area is 141 Å². The fourth-order valence-corrected chi connectivity index (χ4v) is 2.22. The molecule has 6 heteroatoms. The molecule has 0 bridgehead atoms. The first-order valence-electron chi connectivity index (χ1n) is 7.75. The number of aromatic nitrogens is 1. The second-order valence-electron chi connectivity index (χ2n) is 7.67. The van der Waals surface area contributed by atoms with Crippen LogP contribution >= 0.6 is 0 Å². The minimum absolute atomic E-state index is 0.111. The highest BCUT2D eigenvalue weighted by atomic mass is 16.6. The van der Waals surface area contributed by atoms with Gasteiger partial charge in [-0.25, -0.2) is 14.2 Å². The van der Waals surface area contributed by atoms with Crippen LogP contribution in [0.15, 0.2) is 24.3 Å². The molecule has 0 radical (unpaired) electrons. The van der Waals surface area contributed by atoms with Crippen LogP contribution in [-0.4, -0.2) is 27.8 Å². The Morgan fingerprint density at radius 3 is 2.08 bits per heavy atom. The Bertz CT molecular complexity index is 792. The van der Waals surface area contributed by atoms with Gasteiger partial charge in [0.2, 0.25) is 0 Å². The topological polar surface area (TPSA) is 83.5 Å². The molecule has 0 aliphatic rings. The summed E-state index contributed by atoms with van der Waals surface area (Å²) in [5.41, 5.74) is 5.63. The van der Waals surface area contributed by atoms with Gasteiger partial charge in [0.15, 0.2) is 0 Å². The second-order valence-corrected chi connectivity index (χ2v) is 7.67. The average molecular weight is 332 g/mol. The maximum Gasteiger partial charge on any atom is 0.419 e. The lowest BCUT2D eigenvalue weighted by Gasteiger charge is -2.22. The van der Waals surface area contributed by atoms with E-state index >= 15 is 0 Å². The molecular formula is C18H24N2O4. The van der Waals surface area contributed by atoms with Gasteiger partial charge in [-0.1, -0.05) is 0 Å². The Morgan fingerprint density at radius 2 is 1.54 bits per heavy atom. The van der Waals surface area contributed by atoms with Gasteiger partial charge in [0, 0.05) is 11.1 Å². The van der Waals surface area contributed by atoms with Gasteiger partial charge in [-0.05, 0) is 65.8 Å². The van der Waals surface area contributed by atoms with Crippen LogP contribution in [0.3, 0.4) is 0 Å². The molecule has 0 spiro atoms. The smallest absolute Gasteiger partial charge is 0.419 e. The minimum Gasteiger partial charge on any atom is -0.455 e. The van der Waals surface area contributed by atoms with E-state index in [0.717, 1.165) is 0 Å². The van der Waals surface area contributed by atoms with Crippen molar-refractivity contribution >= 4 is 28.7 Å². The van der Waals surface area contributed by atoms with Gasteiger partial charge in [-0.2, -0.15) is 0 Å². The van der Waals surface area contributed by atoms with Gasteiger partial charge in [0.1, 0.15) is 16.9 Å². The van der Waals surface area contributed by atoms with Gasteiger partial charge >= 0.3 is 12.1 Å². The summed E-state index contributed by atoms with van der Waals surface area (Å²) < 4.78 is 12.1. The molecule has 0 unspecified atom stereocenters. The van der Waals surface area contributed by atoms with E-state index in [1.54, 1.807) is 65.8 Å². The van der Waals surface area contributed by atoms with E-state index in [-0.39, 0.29) is 5.69 Å². The highest BCUT2D eigenvalue weighted by molar-refractivity contribution is 6.02. The summed E-state index contributed by atoms with van der Waals surface area (Å²) in [4.78, 5) is 25.1. The SMILES string of the molecule is CC(C)(C)OC(=O)c1cc2cc(N)ccc2n1C(=O)OC(C)(C)C. The first-order valence-corrected chi connectivity index (χ1v) is 7.75. The van der Waals surface area contributed by atoms with Gasteiger partial charge in [0.25, 0.3) is 0 Å². The third-order valence-corrected chi connectivity index (χ3v) is 3.01. The Kier molecular flexibility index (Phi) is 4.35. The number of carbonyl (C=O) groups excluding carboxylic acids is 2. The molecule has 0 atom stereocenters. The first-order chi connectivity index (χ1) is 10.9. The molecule has 0 saturated heterocycles. The summed E-state index contributed by atoms with van der Waals surface area (Å²) >= 11 is 0. The molecule has 2 rings (SSSR count). The van der Waals surface area contributed by atoms with Crippen LogP contribution < -0.4 is 5.73 Å². The van der Waals surface area contributed by atoms with E-state index in [1.165, 1.54) is 4.57 Å². The fraction of sp³-hybridized carbons (Fsp3) is 0.444. The number of nitrogen functional groups attached to an aromatic ring is 1. The van der Waals surface area contributed by atoms with Gasteiger partial charge in [-0.3, -0.25) is 0 Å². The predicted octanol–water partition coefficient (Wildman–Crippen LogP) is 3.96. The van der Waals surface area contributed by atoms with Crippen LogP contribution in [0.4, 0.5) is 10.5 Å². The molecule has 2 N–H and O–H groups in total. The molecule has 130 valence electrons. The molecule has 6 nitrogen and oxygen atoms in total. The summed E-state index contributed by atoms with van der Waals surface area (Å²) in [7, 11) is 0. The number of fused-ring (bicyclic) bond motifs is 1. The lowest BCUT2D eigenvalue weighted by atomic mass is 10.2. The zero-order chi connectivity index (χ0) is 18.3. The maximum absolute atomic E-state index is 12.6. The van der Waals surface area contributed by atoms with Crippen LogP contribution in [0.25, 0.3) is 10.9 Å². The largest absolute Gasteiger partial charge is 0.455 e. The van der Waals surface area contributed by atoms with Crippen LogP contribution in [0.5, 0.6) is 0 Å². The molecule has 1 aromatic heterocycles. The number of rotatable bonds is 1. The summed E-state index contributed by atoms with van der Waals surface area (Å²) in [6.07, 6.45) is -0.636. The summed E-state index contributed by atoms with van der Waals surface area (Å²) in [5.74, 6) is -0.594. The Morgan fingerprint density at radius 1 is 0.958 bits per heavy atom. The van der Waals surface area contributed by atoms with Crippen LogP contribution in [0, 0.1) is 0 Å². The zero-order valence-corrected chi connectivity index (χ0v) is 15.0. The number of hydrogen-bond acceptors (Lipinski definition) is 5. The molecule has 0 aliphatic carbocycles. The van der Waals surface area contributed by atoms with Crippen molar-refractivity contribution in [1.82, 2.24) is 4.57 Å². The van der Waals surface area contributed by atoms with E-state index in [2.05, 4.69) is 0 Å². The van der Waals surface area contributed by atoms with E-state index < -0.39 is 23.3 Å². The normalized spacial score (nSPS) is 12.2. The number of nitrogens with zero attached hydrogens (tertiary/aromatic N) is 1. The lowest BCUT2D eigenvalue weighted by Crippen LogP contribution is -2.31. The minimum atomic E-state index is -0.688. The molecule has 1 aromatic carbocycles. The second kappa shape index (κ2) is 5.85. The summed E-state index contributed by atoms with van der Waals surface area (Å²) in [6, 6.07) is 6.64. The number of benzene rings is 1. The quantitative estimate of drug-likeness (QED) is 0.631. The van der Waals surface area contributed by atoms with Gasteiger partial charge in [0.05, 0.1) is 5.52 Å². The molecule has 0 amide bonds. The molecule has 0 aliphatic heterocycles. The Balaban J connectivity index is 2.59. The number of anilines is 1. The maximum atomic E-state index is 12.6. The van der Waals surface area contributed by atoms with E-state index in [4.69, 9.17) is 15.2 Å². The third kappa shape index (κ3) is 4.07. The number of carbonyl (C=O) groups is 2. The molecular weight excluding hydrogens is 308 g/mol. The molecule has 0 fully saturated rings. The van der Waals surface area contributed by atoms with Crippen LogP contribution in [0.2, 0.25) is 0 Å². The van der Waals surface area contributed by atoms with Gasteiger partial charge in [-0.15, -0.1) is 0 Å². The number of hydrogen-bond donors (Lipinski definition) is 1. The lowest BCUT2D eigenvalue weighted by molar-refractivity contribution is 0.00501. The standard InChI is InChI=1S/C18H24N2O4/c1-17(2,3)23-15(21)14-10-11-9-12(19)7-8-13(11)20(14)16(22)24-18(4,5)6/h7-10H,19H2,1-6H3. The average Bonchev–Trinajstić information content (AvgIpc) is 2.73. The predicted molar refractivity (Wildman–Crippen MR) is 93.2 cm³/mol. The van der Waals surface area contributed by atoms with E-state index in [0.29, 0.717) is 16.6 Å². The third-order valence-electron chi connectivity index (χ3n) is 3.01. The summed E-state index contributed by atoms with van der Waals surface area (Å²) in [6.45, 7) is 10.6. The number of esters is 1. The van der Waals surface area contributed by atoms with Crippen molar-refractivity contribution in [3.8, 4) is 0 Å². The number of nitrogens with two attached hydrogens (primary N) is 1. The van der Waals surface area contributed by atoms with Crippen molar-refractivity contribution < 1.29 is 19.1 Å². The highest BCUT2D eigenvalue weighted by Gasteiger charge is 2.28. The zero-order valence-electron chi connectivity index (χ0n) is 15.0.